The summed E-state index contributed by atoms with van der Waals surface area (Å²) >= 11 is 0. The van der Waals surface area contributed by atoms with Gasteiger partial charge < -0.3 is 30.6 Å². The van der Waals surface area contributed by atoms with E-state index in [1.165, 1.54) is 154 Å². The third-order valence-corrected chi connectivity index (χ3v) is 45.7. The van der Waals surface area contributed by atoms with Gasteiger partial charge in [0.05, 0.1) is 27.1 Å². The molecule has 0 radical (unpaired) electrons. The average molecular weight is 1810 g/mol. The fourth-order valence-electron chi connectivity index (χ4n) is 36.0. The molecule has 18 aliphatic rings. The van der Waals surface area contributed by atoms with E-state index in [0.717, 1.165) is 141 Å². The smallest absolute Gasteiger partial charge is 0.309 e. The second-order valence-corrected chi connectivity index (χ2v) is 53.4. The molecule has 0 bridgehead atoms. The lowest BCUT2D eigenvalue weighted by molar-refractivity contribution is -0.165. The SMILES string of the molecule is C=C[C@@]1(C)C=C2CC[C@@H]3[C@](C)(CCC[C@@]3(C)C(=O)O)[C@H]2CC1.C=C[C@@]1(C)CC[C@H]2C(=CC[C@@H]3[C@]2(C)CCC[C@@]3(C)C(=O)O)C1.C=C[C@]1(C)C=C2CC[C@@H]3[C@](C)(CCC[C@@]3(C)C(=O)O)[C@H]2CC1.CC[C@@]1(C)C=C2CC[C@@H]3[C@](C)(CCC[C@@]3(C)C(=O)O)[C@H]2CC1.CC[C@@]1(C)CC[C@H]2C(=CC[C@@H]3[C@]2(C)CCC[C@@]3(C)C(=O)O)C1.CC[C@@]1(C)CC[C@H]2C(=CC[C@H]3[C@](C)(CO)CCC[C@]23C)C1. The van der Waals surface area contributed by atoms with E-state index < -0.39 is 56.9 Å². The summed E-state index contributed by atoms with van der Waals surface area (Å²) in [5.41, 5.74) is 10.6. The van der Waals surface area contributed by atoms with Gasteiger partial charge in [-0.2, -0.15) is 0 Å². The summed E-state index contributed by atoms with van der Waals surface area (Å²) in [5.74, 6) is 3.17. The quantitative estimate of drug-likeness (QED) is 0.101. The number of carboxylic acids is 5. The van der Waals surface area contributed by atoms with Crippen molar-refractivity contribution in [3.63, 3.8) is 0 Å². The highest BCUT2D eigenvalue weighted by Crippen LogP contribution is 2.72. The zero-order chi connectivity index (χ0) is 96.2. The Kier molecular flexibility index (Phi) is 29.4. The third kappa shape index (κ3) is 18.2. The maximum atomic E-state index is 12.0. The van der Waals surface area contributed by atoms with E-state index in [1.54, 1.807) is 33.4 Å². The molecular weight excluding hydrogens is 1620 g/mol. The molecule has 12 saturated carbocycles. The van der Waals surface area contributed by atoms with Crippen LogP contribution in [0.2, 0.25) is 0 Å². The molecule has 12 fully saturated rings. The van der Waals surface area contributed by atoms with Crippen LogP contribution in [-0.4, -0.2) is 67.1 Å². The summed E-state index contributed by atoms with van der Waals surface area (Å²) < 4.78 is 0. The molecule has 734 valence electrons. The molecule has 0 aliphatic heterocycles. The normalized spacial score (nSPS) is 48.3. The van der Waals surface area contributed by atoms with Crippen molar-refractivity contribution in [1.29, 1.82) is 0 Å². The van der Waals surface area contributed by atoms with Crippen LogP contribution in [0.1, 0.15) is 434 Å². The minimum atomic E-state index is -0.591. The molecule has 0 aromatic rings. The second kappa shape index (κ2) is 37.3. The van der Waals surface area contributed by atoms with Gasteiger partial charge in [-0.05, 0) is 403 Å². The van der Waals surface area contributed by atoms with Gasteiger partial charge in [-0.3, -0.25) is 24.0 Å². The van der Waals surface area contributed by atoms with Crippen molar-refractivity contribution in [2.75, 3.05) is 6.61 Å². The molecule has 0 heterocycles. The maximum absolute atomic E-state index is 12.0. The van der Waals surface area contributed by atoms with Crippen LogP contribution in [0.25, 0.3) is 0 Å². The van der Waals surface area contributed by atoms with Crippen LogP contribution in [0.15, 0.2) is 108 Å². The van der Waals surface area contributed by atoms with Gasteiger partial charge in [-0.15, -0.1) is 19.7 Å². The molecule has 0 amide bonds. The Hall–Kier alpha value is -5.03. The van der Waals surface area contributed by atoms with Crippen LogP contribution >= 0.6 is 0 Å². The molecule has 18 aliphatic carbocycles. The number of aliphatic hydroxyl groups is 1. The third-order valence-electron chi connectivity index (χ3n) is 45.7. The molecular formula is C120H188O11. The minimum absolute atomic E-state index is 0.139. The Morgan fingerprint density at radius 2 is 0.580 bits per heavy atom. The van der Waals surface area contributed by atoms with Crippen molar-refractivity contribution in [1.82, 2.24) is 0 Å². The summed E-state index contributed by atoms with van der Waals surface area (Å²) in [6.07, 6.45) is 72.6. The fraction of sp³-hybridized carbons (Fsp3) is 0.808. The number of aliphatic carboxylic acids is 5. The van der Waals surface area contributed by atoms with Crippen LogP contribution in [0.4, 0.5) is 0 Å². The van der Waals surface area contributed by atoms with Gasteiger partial charge in [0.2, 0.25) is 0 Å². The zero-order valence-electron chi connectivity index (χ0n) is 87.0. The van der Waals surface area contributed by atoms with E-state index in [9.17, 15) is 54.6 Å². The van der Waals surface area contributed by atoms with Crippen molar-refractivity contribution in [3.8, 4) is 0 Å². The monoisotopic (exact) mass is 1810 g/mol. The zero-order valence-corrected chi connectivity index (χ0v) is 87.0. The summed E-state index contributed by atoms with van der Waals surface area (Å²) in [6, 6.07) is 0. The molecule has 0 saturated heterocycles. The largest absolute Gasteiger partial charge is 0.481 e. The van der Waals surface area contributed by atoms with E-state index >= 15 is 0 Å². The first kappa shape index (κ1) is 103. The molecule has 11 nitrogen and oxygen atoms in total. The number of aliphatic hydroxyl groups excluding tert-OH is 1. The van der Waals surface area contributed by atoms with Crippen molar-refractivity contribution < 1.29 is 54.6 Å². The van der Waals surface area contributed by atoms with Crippen LogP contribution in [0.3, 0.4) is 0 Å². The Morgan fingerprint density at radius 1 is 0.305 bits per heavy atom. The van der Waals surface area contributed by atoms with Crippen molar-refractivity contribution in [2.45, 2.75) is 434 Å². The molecule has 6 N–H and O–H groups in total. The lowest BCUT2D eigenvalue weighted by atomic mass is 9.45. The van der Waals surface area contributed by atoms with Crippen LogP contribution in [0, 0.1) is 168 Å². The highest BCUT2D eigenvalue weighted by molar-refractivity contribution is 5.77. The molecule has 0 aromatic heterocycles. The number of carboxylic acid groups (broad SMARTS) is 5. The number of allylic oxidation sites excluding steroid dienone is 15. The molecule has 11 heteroatoms. The van der Waals surface area contributed by atoms with Crippen LogP contribution < -0.4 is 0 Å². The highest BCUT2D eigenvalue weighted by Gasteiger charge is 2.66. The molecule has 0 spiro atoms. The van der Waals surface area contributed by atoms with Crippen LogP contribution in [0.5, 0.6) is 0 Å². The number of hydrogen-bond acceptors (Lipinski definition) is 6. The van der Waals surface area contributed by atoms with Gasteiger partial charge in [0.15, 0.2) is 0 Å². The molecule has 0 unspecified atom stereocenters. The fourth-order valence-corrected chi connectivity index (χ4v) is 36.0. The summed E-state index contributed by atoms with van der Waals surface area (Å²) in [7, 11) is 0. The minimum Gasteiger partial charge on any atom is -0.481 e. The number of carbonyl (C=O) groups is 5. The average Bonchev–Trinajstić information content (AvgIpc) is 0.747. The maximum Gasteiger partial charge on any atom is 0.309 e. The van der Waals surface area contributed by atoms with E-state index in [2.05, 4.69) is 185 Å². The lowest BCUT2D eigenvalue weighted by Crippen LogP contribution is -2.54. The highest BCUT2D eigenvalue weighted by atomic mass is 16.4. The number of hydrogen-bond donors (Lipinski definition) is 6. The lowest BCUT2D eigenvalue weighted by Gasteiger charge is -2.59. The van der Waals surface area contributed by atoms with E-state index in [1.807, 2.05) is 34.6 Å². The first-order valence-electron chi connectivity index (χ1n) is 54.0. The molecule has 30 atom stereocenters. The first-order chi connectivity index (χ1) is 61.1. The van der Waals surface area contributed by atoms with Crippen molar-refractivity contribution in [2.24, 2.45) is 168 Å². The van der Waals surface area contributed by atoms with Crippen molar-refractivity contribution >= 4 is 29.8 Å². The van der Waals surface area contributed by atoms with Gasteiger partial charge >= 0.3 is 29.8 Å². The van der Waals surface area contributed by atoms with E-state index in [0.29, 0.717) is 87.4 Å². The predicted molar refractivity (Wildman–Crippen MR) is 537 cm³/mol. The summed E-state index contributed by atoms with van der Waals surface area (Å²) in [6.45, 7) is 60.5. The van der Waals surface area contributed by atoms with Crippen LogP contribution in [-0.2, 0) is 24.0 Å². The second-order valence-electron chi connectivity index (χ2n) is 53.4. The Labute approximate surface area is 796 Å². The van der Waals surface area contributed by atoms with Gasteiger partial charge in [-0.1, -0.05) is 250 Å². The van der Waals surface area contributed by atoms with E-state index in [-0.39, 0.29) is 54.7 Å². The summed E-state index contributed by atoms with van der Waals surface area (Å²) in [4.78, 5) is 59.8. The Balaban J connectivity index is 0.000000134. The number of fused-ring (bicyclic) bond motifs is 18. The standard InChI is InChI=1S/2C20H32O2.3C20H30O2.C20H34O/c5*1-5-18(2)12-9-15-14(13-18)7-8-16-19(15,3)10-6-11-20(16,4)17(21)22;1-5-18(2)12-9-16-15(13-18)7-8-17-19(3,14-21)10-6-11-20(16,17)4/h13,15-16H,5-12H2,1-4H3,(H,21,22);7,15-16H,5-6,8-13H2,1-4H3,(H,21,22);2*5,13,15-16H,1,6-12H2,2-4H3,(H,21,22);5,7,15-16H,1,6,8-13H2,2-4H3,(H,21,22);7,16-17,21H,5-6,8-14H2,1-4H3/t15-,16+,18+,19+,20+;15-,16+,18-,19+,20+;15-,16+,18+,19+,20+;2*15-,16+,18-,19+,20+;16-,17-,18-,19-,20+/m000000/s1. The molecule has 18 rings (SSSR count). The molecule has 0 aromatic carbocycles. The predicted octanol–water partition coefficient (Wildman–Crippen LogP) is 31.8. The first-order valence-corrected chi connectivity index (χ1v) is 54.0. The molecule has 131 heavy (non-hydrogen) atoms. The topological polar surface area (TPSA) is 207 Å². The van der Waals surface area contributed by atoms with Gasteiger partial charge in [0.1, 0.15) is 0 Å². The Morgan fingerprint density at radius 3 is 0.893 bits per heavy atom. The summed E-state index contributed by atoms with van der Waals surface area (Å²) in [5, 5.41) is 59.2. The number of rotatable bonds is 12. The van der Waals surface area contributed by atoms with E-state index in [4.69, 9.17) is 0 Å². The van der Waals surface area contributed by atoms with Gasteiger partial charge in [-0.25, -0.2) is 0 Å². The van der Waals surface area contributed by atoms with Gasteiger partial charge in [0, 0.05) is 17.4 Å². The van der Waals surface area contributed by atoms with Gasteiger partial charge in [0.25, 0.3) is 0 Å². The van der Waals surface area contributed by atoms with Crippen molar-refractivity contribution in [3.05, 3.63) is 108 Å². The Bertz CT molecular complexity index is 4390.